The minimum Gasteiger partial charge on any atom is -0.462 e. The lowest BCUT2D eigenvalue weighted by atomic mass is 9.49. The Kier molecular flexibility index (Phi) is 7.90. The van der Waals surface area contributed by atoms with Crippen molar-refractivity contribution in [3.63, 3.8) is 0 Å². The summed E-state index contributed by atoms with van der Waals surface area (Å²) in [5.74, 6) is -14.7. The van der Waals surface area contributed by atoms with Gasteiger partial charge in [-0.25, -0.2) is 19.2 Å². The number of rotatable bonds is 8. The molecule has 0 amide bonds. The number of esters is 4. The van der Waals surface area contributed by atoms with Gasteiger partial charge in [-0.1, -0.05) is 0 Å². The number of benzene rings is 2. The van der Waals surface area contributed by atoms with Crippen molar-refractivity contribution in [2.75, 3.05) is 26.4 Å². The Morgan fingerprint density at radius 1 is 0.528 bits per heavy atom. The molecule has 0 radical (unpaired) electrons. The minimum absolute atomic E-state index is 0.0691. The highest BCUT2D eigenvalue weighted by atomic mass is 19.4. The fourth-order valence-corrected chi connectivity index (χ4v) is 11.6. The van der Waals surface area contributed by atoms with Gasteiger partial charge < -0.3 is 23.7 Å². The zero-order valence-electron chi connectivity index (χ0n) is 29.1. The van der Waals surface area contributed by atoms with Crippen molar-refractivity contribution >= 4 is 23.9 Å². The summed E-state index contributed by atoms with van der Waals surface area (Å²) in [4.78, 5) is 52.3. The number of carbonyl (C=O) groups is 4. The molecule has 4 aliphatic carbocycles. The first-order valence-corrected chi connectivity index (χ1v) is 17.9. The minimum atomic E-state index is -5.26. The summed E-state index contributed by atoms with van der Waals surface area (Å²) in [6.45, 7) is 5.87. The average molecular weight is 751 g/mol. The second kappa shape index (κ2) is 11.7. The van der Waals surface area contributed by atoms with Crippen LogP contribution >= 0.6 is 0 Å². The summed E-state index contributed by atoms with van der Waals surface area (Å²) in [6, 6.07) is 5.14. The molecule has 284 valence electrons. The van der Waals surface area contributed by atoms with Gasteiger partial charge in [-0.15, -0.1) is 0 Å². The highest BCUT2D eigenvalue weighted by molar-refractivity contribution is 6.04. The summed E-state index contributed by atoms with van der Waals surface area (Å²) in [5.41, 5.74) is -6.39. The molecule has 10 atom stereocenters. The maximum absolute atomic E-state index is 16.0. The van der Waals surface area contributed by atoms with Gasteiger partial charge in [-0.2, -0.15) is 26.3 Å². The van der Waals surface area contributed by atoms with Crippen LogP contribution in [0.3, 0.4) is 0 Å². The first-order valence-electron chi connectivity index (χ1n) is 17.9. The maximum atomic E-state index is 16.0. The van der Waals surface area contributed by atoms with Crippen LogP contribution in [0, 0.1) is 23.7 Å². The normalized spacial score (nSPS) is 33.6. The van der Waals surface area contributed by atoms with E-state index in [4.69, 9.17) is 23.7 Å². The number of halogens is 6. The molecular formula is C38H36F6O9. The van der Waals surface area contributed by atoms with Crippen molar-refractivity contribution in [1.29, 1.82) is 0 Å². The summed E-state index contributed by atoms with van der Waals surface area (Å²) >= 11 is 0. The number of fused-ring (bicyclic) bond motifs is 22. The van der Waals surface area contributed by atoms with Gasteiger partial charge in [-0.05, 0) is 111 Å². The summed E-state index contributed by atoms with van der Waals surface area (Å²) in [6.07, 6.45) is -10.7. The number of carbonyl (C=O) groups excluding carboxylic acids is 4. The van der Waals surface area contributed by atoms with Crippen molar-refractivity contribution in [2.24, 2.45) is 23.7 Å². The van der Waals surface area contributed by atoms with Crippen LogP contribution in [0.25, 0.3) is 0 Å². The van der Waals surface area contributed by atoms with Gasteiger partial charge in [0.1, 0.15) is 0 Å². The van der Waals surface area contributed by atoms with Crippen molar-refractivity contribution in [3.8, 4) is 0 Å². The molecule has 0 N–H and O–H groups in total. The van der Waals surface area contributed by atoms with Crippen LogP contribution in [0.15, 0.2) is 24.3 Å². The SMILES string of the molecule is CCOC(=O)c1cc2c(cc1C(=O)OCC)[C@H]1CC2C2[C@H]1C1(C(F)(F)F)OC2(C(F)(F)F)C2C3C[C@@H](c4cc(C(=O)OCC)c(C(=O)OCC)cc43)[C@H]21. The number of ether oxygens (including phenoxy) is 5. The van der Waals surface area contributed by atoms with E-state index in [-0.39, 0.29) is 83.8 Å². The topological polar surface area (TPSA) is 114 Å². The fourth-order valence-electron chi connectivity index (χ4n) is 11.6. The van der Waals surface area contributed by atoms with E-state index >= 15 is 26.3 Å². The van der Waals surface area contributed by atoms with Crippen molar-refractivity contribution in [1.82, 2.24) is 0 Å². The van der Waals surface area contributed by atoms with E-state index in [2.05, 4.69) is 0 Å². The lowest BCUT2D eigenvalue weighted by Gasteiger charge is -2.52. The van der Waals surface area contributed by atoms with Gasteiger partial charge in [0.05, 0.1) is 48.7 Å². The third kappa shape index (κ3) is 4.36. The smallest absolute Gasteiger partial charge is 0.418 e. The van der Waals surface area contributed by atoms with E-state index in [9.17, 15) is 19.2 Å². The molecule has 0 aromatic heterocycles. The van der Waals surface area contributed by atoms with E-state index in [1.165, 1.54) is 52.0 Å². The predicted octanol–water partition coefficient (Wildman–Crippen LogP) is 7.37. The first kappa shape index (κ1) is 35.9. The lowest BCUT2D eigenvalue weighted by molar-refractivity contribution is -0.327. The Balaban J connectivity index is 1.33. The van der Waals surface area contributed by atoms with Gasteiger partial charge in [0.25, 0.3) is 0 Å². The average Bonchev–Trinajstić information content (AvgIpc) is 3.92. The molecular weight excluding hydrogens is 714 g/mol. The van der Waals surface area contributed by atoms with E-state index in [0.717, 1.165) is 0 Å². The fraction of sp³-hybridized carbons (Fsp3) is 0.579. The van der Waals surface area contributed by atoms with Crippen LogP contribution in [0.2, 0.25) is 0 Å². The third-order valence-electron chi connectivity index (χ3n) is 12.8. The molecule has 8 rings (SSSR count). The molecule has 2 saturated heterocycles. The van der Waals surface area contributed by atoms with E-state index in [1.807, 2.05) is 0 Å². The Labute approximate surface area is 299 Å². The Hall–Kier alpha value is -4.14. The highest BCUT2D eigenvalue weighted by Gasteiger charge is 2.94. The summed E-state index contributed by atoms with van der Waals surface area (Å²) in [5, 5.41) is 0. The van der Waals surface area contributed by atoms with E-state index in [0.29, 0.717) is 0 Å². The third-order valence-corrected chi connectivity index (χ3v) is 12.8. The molecule has 9 nitrogen and oxygen atoms in total. The van der Waals surface area contributed by atoms with Gasteiger partial charge in [0.15, 0.2) is 11.2 Å². The van der Waals surface area contributed by atoms with Crippen LogP contribution < -0.4 is 0 Å². The number of hydrogen-bond donors (Lipinski definition) is 0. The molecule has 15 heteroatoms. The summed E-state index contributed by atoms with van der Waals surface area (Å²) < 4.78 is 123. The van der Waals surface area contributed by atoms with Crippen molar-refractivity contribution in [2.45, 2.75) is 87.8 Å². The van der Waals surface area contributed by atoms with E-state index in [1.54, 1.807) is 0 Å². The maximum Gasteiger partial charge on any atom is 0.418 e. The standard InChI is InChI=1S/C38H36F6O9/c1-5-49-31(45)23-9-15-16(10-24(23)32(46)50-6-2)20-13-19(15)27-28(20)36(38(42,43)44)30-22-14-21(29(30)35(27,53-36)37(39,40)41)17-11-25(33(47)51-7-3)26(12-18(17)22)34(48)52-8-4/h9-12,19-22,27-30H,5-8,13-14H2,1-4H3/t19-,20?,21+,22?,27+,28?,29-,30?,35?,36?. The molecule has 0 spiro atoms. The Morgan fingerprint density at radius 2 is 0.755 bits per heavy atom. The Bertz CT molecular complexity index is 1700. The second-order valence-corrected chi connectivity index (χ2v) is 14.6. The van der Waals surface area contributed by atoms with Crippen molar-refractivity contribution < 1.29 is 69.2 Å². The predicted molar refractivity (Wildman–Crippen MR) is 170 cm³/mol. The zero-order valence-corrected chi connectivity index (χ0v) is 29.1. The molecule has 4 fully saturated rings. The molecule has 53 heavy (non-hydrogen) atoms. The quantitative estimate of drug-likeness (QED) is 0.155. The molecule has 2 heterocycles. The molecule has 6 aliphatic rings. The number of hydrogen-bond acceptors (Lipinski definition) is 9. The van der Waals surface area contributed by atoms with Crippen LogP contribution in [-0.2, 0) is 23.7 Å². The largest absolute Gasteiger partial charge is 0.462 e. The van der Waals surface area contributed by atoms with Gasteiger partial charge in [0.2, 0.25) is 0 Å². The van der Waals surface area contributed by atoms with Gasteiger partial charge in [0, 0.05) is 23.7 Å². The lowest BCUT2D eigenvalue weighted by Crippen LogP contribution is -2.62. The second-order valence-electron chi connectivity index (χ2n) is 14.6. The van der Waals surface area contributed by atoms with Crippen LogP contribution in [0.4, 0.5) is 26.3 Å². The van der Waals surface area contributed by atoms with Crippen LogP contribution in [0.5, 0.6) is 0 Å². The molecule has 2 aromatic rings. The first-order chi connectivity index (χ1) is 25.0. The Morgan fingerprint density at radius 3 is 0.943 bits per heavy atom. The molecule has 2 aromatic carbocycles. The van der Waals surface area contributed by atoms with Gasteiger partial charge >= 0.3 is 36.2 Å². The van der Waals surface area contributed by atoms with Gasteiger partial charge in [-0.3, -0.25) is 0 Å². The molecule has 2 saturated carbocycles. The molecule has 6 bridgehead atoms. The highest BCUT2D eigenvalue weighted by Crippen LogP contribution is 2.86. The van der Waals surface area contributed by atoms with Crippen LogP contribution in [-0.4, -0.2) is 73.9 Å². The van der Waals surface area contributed by atoms with Crippen molar-refractivity contribution in [3.05, 3.63) is 68.8 Å². The monoisotopic (exact) mass is 750 g/mol. The number of alkyl halides is 6. The molecule has 6 unspecified atom stereocenters. The zero-order chi connectivity index (χ0) is 38.2. The van der Waals surface area contributed by atoms with Crippen LogP contribution in [0.1, 0.15) is 128 Å². The molecule has 2 aliphatic heterocycles. The van der Waals surface area contributed by atoms with E-state index < -0.39 is 94.8 Å². The summed E-state index contributed by atoms with van der Waals surface area (Å²) in [7, 11) is 0.